The number of carbonyl (C=O) groups is 1. The van der Waals surface area contributed by atoms with Gasteiger partial charge in [0.25, 0.3) is 0 Å². The minimum Gasteiger partial charge on any atom is -0.300 e. The van der Waals surface area contributed by atoms with E-state index >= 15 is 0 Å². The monoisotopic (exact) mass is 249 g/mol. The molecule has 1 fully saturated rings. The molecule has 0 N–H and O–H groups in total. The van der Waals surface area contributed by atoms with Crippen molar-refractivity contribution >= 4 is 16.6 Å². The Morgan fingerprint density at radius 1 is 1.11 bits per heavy atom. The van der Waals surface area contributed by atoms with E-state index in [1.165, 1.54) is 10.8 Å². The van der Waals surface area contributed by atoms with Crippen LogP contribution in [0.15, 0.2) is 42.5 Å². The zero-order valence-corrected chi connectivity index (χ0v) is 10.7. The topological polar surface area (TPSA) is 40.9 Å². The molecule has 1 saturated carbocycles. The van der Waals surface area contributed by atoms with Crippen LogP contribution in [0, 0.1) is 17.2 Å². The lowest BCUT2D eigenvalue weighted by Gasteiger charge is -2.26. The molecule has 0 aliphatic heterocycles. The lowest BCUT2D eigenvalue weighted by molar-refractivity contribution is -0.121. The van der Waals surface area contributed by atoms with E-state index in [0.29, 0.717) is 19.3 Å². The number of rotatable bonds is 1. The average molecular weight is 249 g/mol. The highest BCUT2D eigenvalue weighted by Gasteiger charge is 2.30. The maximum Gasteiger partial charge on any atom is 0.133 e. The molecule has 1 aliphatic rings. The maximum atomic E-state index is 11.7. The van der Waals surface area contributed by atoms with E-state index in [4.69, 9.17) is 0 Å². The molecule has 2 nitrogen and oxygen atoms in total. The summed E-state index contributed by atoms with van der Waals surface area (Å²) in [5.41, 5.74) is 1.12. The molecule has 0 radical (unpaired) electrons. The van der Waals surface area contributed by atoms with Crippen LogP contribution in [-0.4, -0.2) is 5.78 Å². The van der Waals surface area contributed by atoms with Crippen molar-refractivity contribution in [3.8, 4) is 6.07 Å². The highest BCUT2D eigenvalue weighted by Crippen LogP contribution is 2.36. The number of carbonyl (C=O) groups excluding carboxylic acids is 1. The summed E-state index contributed by atoms with van der Waals surface area (Å²) in [6.07, 6.45) is 1.77. The quantitative estimate of drug-likeness (QED) is 0.771. The van der Waals surface area contributed by atoms with Crippen molar-refractivity contribution in [1.29, 1.82) is 5.26 Å². The molecule has 0 aromatic heterocycles. The molecule has 2 aromatic carbocycles. The number of benzene rings is 2. The summed E-state index contributed by atoms with van der Waals surface area (Å²) in [4.78, 5) is 11.7. The standard InChI is InChI=1S/C17H15NO/c18-11-15-7-8-16(19)10-17(15)14-6-5-12-3-1-2-4-13(12)9-14/h1-6,9,15,17H,7-8,10H2. The number of hydrogen-bond acceptors (Lipinski definition) is 2. The van der Waals surface area contributed by atoms with E-state index in [0.717, 1.165) is 5.56 Å². The van der Waals surface area contributed by atoms with Gasteiger partial charge in [0.05, 0.1) is 12.0 Å². The summed E-state index contributed by atoms with van der Waals surface area (Å²) >= 11 is 0. The third-order valence-electron chi connectivity index (χ3n) is 4.03. The fraction of sp³-hybridized carbons (Fsp3) is 0.294. The second kappa shape index (κ2) is 4.85. The third kappa shape index (κ3) is 2.24. The summed E-state index contributed by atoms with van der Waals surface area (Å²) in [7, 11) is 0. The SMILES string of the molecule is N#CC1CCC(=O)CC1c1ccc2ccccc2c1. The molecule has 19 heavy (non-hydrogen) atoms. The van der Waals surface area contributed by atoms with Gasteiger partial charge in [-0.05, 0) is 22.8 Å². The highest BCUT2D eigenvalue weighted by molar-refractivity contribution is 5.84. The van der Waals surface area contributed by atoms with Crippen LogP contribution in [0.5, 0.6) is 0 Å². The largest absolute Gasteiger partial charge is 0.300 e. The second-order valence-corrected chi connectivity index (χ2v) is 5.23. The number of nitrogens with zero attached hydrogens (tertiary/aromatic N) is 1. The van der Waals surface area contributed by atoms with Crippen LogP contribution in [-0.2, 0) is 4.79 Å². The Balaban J connectivity index is 2.02. The predicted molar refractivity (Wildman–Crippen MR) is 74.7 cm³/mol. The highest BCUT2D eigenvalue weighted by atomic mass is 16.1. The molecule has 0 spiro atoms. The van der Waals surface area contributed by atoms with Gasteiger partial charge in [0.1, 0.15) is 5.78 Å². The zero-order chi connectivity index (χ0) is 13.2. The van der Waals surface area contributed by atoms with Crippen LogP contribution in [0.25, 0.3) is 10.8 Å². The van der Waals surface area contributed by atoms with Crippen molar-refractivity contribution in [2.24, 2.45) is 5.92 Å². The van der Waals surface area contributed by atoms with Gasteiger partial charge < -0.3 is 0 Å². The van der Waals surface area contributed by atoms with Crippen molar-refractivity contribution in [2.75, 3.05) is 0 Å². The van der Waals surface area contributed by atoms with Crippen LogP contribution >= 0.6 is 0 Å². The second-order valence-electron chi connectivity index (χ2n) is 5.23. The van der Waals surface area contributed by atoms with Gasteiger partial charge in [0.15, 0.2) is 0 Å². The Hall–Kier alpha value is -2.14. The van der Waals surface area contributed by atoms with Crippen molar-refractivity contribution in [3.05, 3.63) is 48.0 Å². The Bertz CT molecular complexity index is 668. The molecule has 3 rings (SSSR count). The molecule has 2 unspecified atom stereocenters. The van der Waals surface area contributed by atoms with Crippen LogP contribution in [0.3, 0.4) is 0 Å². The summed E-state index contributed by atoms with van der Waals surface area (Å²) < 4.78 is 0. The minimum absolute atomic E-state index is 0.0288. The third-order valence-corrected chi connectivity index (χ3v) is 4.03. The first kappa shape index (κ1) is 11.9. The molecule has 94 valence electrons. The van der Waals surface area contributed by atoms with Crippen molar-refractivity contribution in [1.82, 2.24) is 0 Å². The fourth-order valence-electron chi connectivity index (χ4n) is 2.95. The van der Waals surface area contributed by atoms with Gasteiger partial charge in [-0.15, -0.1) is 0 Å². The summed E-state index contributed by atoms with van der Waals surface area (Å²) in [6, 6.07) is 16.8. The van der Waals surface area contributed by atoms with Crippen molar-refractivity contribution < 1.29 is 4.79 Å². The number of fused-ring (bicyclic) bond motifs is 1. The van der Waals surface area contributed by atoms with E-state index in [1.54, 1.807) is 0 Å². The van der Waals surface area contributed by atoms with Gasteiger partial charge >= 0.3 is 0 Å². The van der Waals surface area contributed by atoms with Gasteiger partial charge in [0.2, 0.25) is 0 Å². The van der Waals surface area contributed by atoms with Gasteiger partial charge in [-0.25, -0.2) is 0 Å². The Morgan fingerprint density at radius 2 is 1.89 bits per heavy atom. The summed E-state index contributed by atoms with van der Waals surface area (Å²) in [6.45, 7) is 0. The first-order valence-electron chi connectivity index (χ1n) is 6.68. The normalized spacial score (nSPS) is 23.2. The van der Waals surface area contributed by atoms with E-state index in [1.807, 2.05) is 12.1 Å². The molecular formula is C17H15NO. The van der Waals surface area contributed by atoms with Crippen LogP contribution in [0.1, 0.15) is 30.7 Å². The fourth-order valence-corrected chi connectivity index (χ4v) is 2.95. The van der Waals surface area contributed by atoms with Gasteiger partial charge in [-0.1, -0.05) is 42.5 Å². The van der Waals surface area contributed by atoms with Crippen LogP contribution < -0.4 is 0 Å². The first-order chi connectivity index (χ1) is 9.28. The van der Waals surface area contributed by atoms with Crippen molar-refractivity contribution in [3.63, 3.8) is 0 Å². The van der Waals surface area contributed by atoms with E-state index in [-0.39, 0.29) is 17.6 Å². The van der Waals surface area contributed by atoms with E-state index < -0.39 is 0 Å². The predicted octanol–water partition coefficient (Wildman–Crippen LogP) is 3.82. The maximum absolute atomic E-state index is 11.7. The molecule has 2 atom stereocenters. The molecule has 0 bridgehead atoms. The van der Waals surface area contributed by atoms with Gasteiger partial charge in [-0.2, -0.15) is 5.26 Å². The Kier molecular flexibility index (Phi) is 3.05. The Labute approximate surface area is 112 Å². The summed E-state index contributed by atoms with van der Waals surface area (Å²) in [5, 5.41) is 11.6. The number of ketones is 1. The Morgan fingerprint density at radius 3 is 2.68 bits per heavy atom. The molecule has 0 saturated heterocycles. The average Bonchev–Trinajstić information content (AvgIpc) is 2.46. The molecular weight excluding hydrogens is 234 g/mol. The molecule has 2 heteroatoms. The molecule has 0 amide bonds. The smallest absolute Gasteiger partial charge is 0.133 e. The lowest BCUT2D eigenvalue weighted by Crippen LogP contribution is -2.22. The zero-order valence-electron chi connectivity index (χ0n) is 10.7. The van der Waals surface area contributed by atoms with Gasteiger partial charge in [0, 0.05) is 18.8 Å². The van der Waals surface area contributed by atoms with Crippen molar-refractivity contribution in [2.45, 2.75) is 25.2 Å². The molecule has 0 heterocycles. The van der Waals surface area contributed by atoms with E-state index in [2.05, 4.69) is 36.4 Å². The van der Waals surface area contributed by atoms with Gasteiger partial charge in [-0.3, -0.25) is 4.79 Å². The number of Topliss-reactive ketones (excluding diaryl/α,β-unsaturated/α-hetero) is 1. The van der Waals surface area contributed by atoms with Crippen LogP contribution in [0.4, 0.5) is 0 Å². The number of nitriles is 1. The molecule has 2 aromatic rings. The first-order valence-corrected chi connectivity index (χ1v) is 6.68. The molecule has 1 aliphatic carbocycles. The number of hydrogen-bond donors (Lipinski definition) is 0. The lowest BCUT2D eigenvalue weighted by atomic mass is 9.75. The van der Waals surface area contributed by atoms with Crippen LogP contribution in [0.2, 0.25) is 0 Å². The van der Waals surface area contributed by atoms with E-state index in [9.17, 15) is 10.1 Å². The summed E-state index contributed by atoms with van der Waals surface area (Å²) in [5.74, 6) is 0.319. The minimum atomic E-state index is -0.0288.